The molecule has 0 fully saturated rings. The lowest BCUT2D eigenvalue weighted by molar-refractivity contribution is 0.0691. The molecule has 2 rings (SSSR count). The molecular weight excluding hydrogens is 204 g/mol. The van der Waals surface area contributed by atoms with Crippen molar-refractivity contribution in [2.24, 2.45) is 0 Å². The van der Waals surface area contributed by atoms with Crippen LogP contribution in [-0.4, -0.2) is 21.0 Å². The molecule has 0 aliphatic heterocycles. The Hall–Kier alpha value is -2.23. The minimum absolute atomic E-state index is 0.0169. The third-order valence-corrected chi connectivity index (χ3v) is 2.30. The first-order valence-electron chi connectivity index (χ1n) is 4.80. The zero-order valence-electron chi connectivity index (χ0n) is 8.71. The molecule has 0 aliphatic carbocycles. The number of carbonyl (C=O) groups is 1. The molecule has 80 valence electrons. The van der Waals surface area contributed by atoms with E-state index in [0.29, 0.717) is 5.69 Å². The summed E-state index contributed by atoms with van der Waals surface area (Å²) in [4.78, 5) is 18.9. The van der Waals surface area contributed by atoms with Crippen molar-refractivity contribution < 1.29 is 9.90 Å². The second-order valence-electron chi connectivity index (χ2n) is 3.37. The molecule has 0 spiro atoms. The van der Waals surface area contributed by atoms with E-state index in [-0.39, 0.29) is 5.69 Å². The average molecular weight is 214 g/mol. The monoisotopic (exact) mass is 214 g/mol. The number of aromatic nitrogens is 2. The highest BCUT2D eigenvalue weighted by molar-refractivity contribution is 5.92. The molecule has 2 aromatic rings. The van der Waals surface area contributed by atoms with E-state index in [9.17, 15) is 4.79 Å². The number of carboxylic acids is 1. The van der Waals surface area contributed by atoms with Gasteiger partial charge in [0.25, 0.3) is 0 Å². The Kier molecular flexibility index (Phi) is 2.64. The van der Waals surface area contributed by atoms with Crippen LogP contribution in [0.2, 0.25) is 0 Å². The van der Waals surface area contributed by atoms with Crippen LogP contribution in [0, 0.1) is 6.92 Å². The Morgan fingerprint density at radius 2 is 1.88 bits per heavy atom. The van der Waals surface area contributed by atoms with Gasteiger partial charge >= 0.3 is 5.97 Å². The molecule has 1 N–H and O–H groups in total. The smallest absolute Gasteiger partial charge is 0.356 e. The van der Waals surface area contributed by atoms with Gasteiger partial charge in [0, 0.05) is 18.0 Å². The summed E-state index contributed by atoms with van der Waals surface area (Å²) in [7, 11) is 0. The van der Waals surface area contributed by atoms with Crippen LogP contribution in [0.4, 0.5) is 0 Å². The zero-order chi connectivity index (χ0) is 11.5. The molecule has 0 bridgehead atoms. The summed E-state index contributed by atoms with van der Waals surface area (Å²) in [6.07, 6.45) is 2.87. The fourth-order valence-electron chi connectivity index (χ4n) is 1.53. The van der Waals surface area contributed by atoms with Crippen molar-refractivity contribution in [2.45, 2.75) is 6.92 Å². The highest BCUT2D eigenvalue weighted by Crippen LogP contribution is 2.22. The van der Waals surface area contributed by atoms with Gasteiger partial charge in [0.2, 0.25) is 0 Å². The predicted octanol–water partition coefficient (Wildman–Crippen LogP) is 2.15. The number of benzene rings is 1. The Bertz CT molecular complexity index is 538. The van der Waals surface area contributed by atoms with Gasteiger partial charge < -0.3 is 5.11 Å². The first-order valence-corrected chi connectivity index (χ1v) is 4.80. The Balaban J connectivity index is 2.65. The SMILES string of the molecule is Cc1ccccc1-c1nccnc1C(=O)O. The molecule has 1 aromatic carbocycles. The number of rotatable bonds is 2. The number of hydrogen-bond acceptors (Lipinski definition) is 3. The normalized spacial score (nSPS) is 10.1. The van der Waals surface area contributed by atoms with Crippen LogP contribution in [0.1, 0.15) is 16.1 Å². The lowest BCUT2D eigenvalue weighted by Crippen LogP contribution is -2.05. The van der Waals surface area contributed by atoms with Crippen LogP contribution < -0.4 is 0 Å². The fourth-order valence-corrected chi connectivity index (χ4v) is 1.53. The summed E-state index contributed by atoms with van der Waals surface area (Å²) in [5.41, 5.74) is 2.17. The number of carboxylic acid groups (broad SMARTS) is 1. The third-order valence-electron chi connectivity index (χ3n) is 2.30. The molecule has 0 saturated carbocycles. The maximum Gasteiger partial charge on any atom is 0.356 e. The summed E-state index contributed by atoms with van der Waals surface area (Å²) in [5.74, 6) is -1.06. The second kappa shape index (κ2) is 4.10. The summed E-state index contributed by atoms with van der Waals surface area (Å²) in [5, 5.41) is 9.02. The molecule has 0 unspecified atom stereocenters. The highest BCUT2D eigenvalue weighted by Gasteiger charge is 2.15. The molecule has 16 heavy (non-hydrogen) atoms. The van der Waals surface area contributed by atoms with Gasteiger partial charge in [-0.2, -0.15) is 0 Å². The van der Waals surface area contributed by atoms with E-state index >= 15 is 0 Å². The molecule has 0 amide bonds. The number of nitrogens with zero attached hydrogens (tertiary/aromatic N) is 2. The molecule has 0 aliphatic rings. The lowest BCUT2D eigenvalue weighted by Gasteiger charge is -2.06. The van der Waals surface area contributed by atoms with Crippen molar-refractivity contribution in [3.8, 4) is 11.3 Å². The fraction of sp³-hybridized carbons (Fsp3) is 0.0833. The number of aryl methyl sites for hydroxylation is 1. The van der Waals surface area contributed by atoms with Crippen LogP contribution in [-0.2, 0) is 0 Å². The topological polar surface area (TPSA) is 63.1 Å². The van der Waals surface area contributed by atoms with Crippen molar-refractivity contribution in [3.63, 3.8) is 0 Å². The molecule has 1 heterocycles. The van der Waals surface area contributed by atoms with Gasteiger partial charge in [-0.25, -0.2) is 9.78 Å². The van der Waals surface area contributed by atoms with Crippen LogP contribution in [0.15, 0.2) is 36.7 Å². The average Bonchev–Trinajstić information content (AvgIpc) is 2.29. The maximum absolute atomic E-state index is 11.0. The summed E-state index contributed by atoms with van der Waals surface area (Å²) in [6, 6.07) is 7.50. The van der Waals surface area contributed by atoms with Gasteiger partial charge in [-0.1, -0.05) is 24.3 Å². The van der Waals surface area contributed by atoms with Gasteiger partial charge in [0.1, 0.15) is 5.69 Å². The van der Waals surface area contributed by atoms with E-state index in [0.717, 1.165) is 11.1 Å². The van der Waals surface area contributed by atoms with Crippen molar-refractivity contribution in [3.05, 3.63) is 47.9 Å². The standard InChI is InChI=1S/C12H10N2O2/c1-8-4-2-3-5-9(8)10-11(12(15)16)14-7-6-13-10/h2-7H,1H3,(H,15,16). The highest BCUT2D eigenvalue weighted by atomic mass is 16.4. The maximum atomic E-state index is 11.0. The van der Waals surface area contributed by atoms with Crippen LogP contribution in [0.25, 0.3) is 11.3 Å². The van der Waals surface area contributed by atoms with Gasteiger partial charge in [0.15, 0.2) is 5.69 Å². The minimum Gasteiger partial charge on any atom is -0.476 e. The largest absolute Gasteiger partial charge is 0.476 e. The van der Waals surface area contributed by atoms with Gasteiger partial charge in [-0.15, -0.1) is 0 Å². The first kappa shape index (κ1) is 10.3. The quantitative estimate of drug-likeness (QED) is 0.831. The van der Waals surface area contributed by atoms with E-state index in [2.05, 4.69) is 9.97 Å². The van der Waals surface area contributed by atoms with Crippen LogP contribution in [0.5, 0.6) is 0 Å². The Morgan fingerprint density at radius 1 is 1.19 bits per heavy atom. The van der Waals surface area contributed by atoms with Crippen molar-refractivity contribution in [1.82, 2.24) is 9.97 Å². The molecule has 0 radical (unpaired) electrons. The van der Waals surface area contributed by atoms with Crippen LogP contribution in [0.3, 0.4) is 0 Å². The molecule has 1 aromatic heterocycles. The van der Waals surface area contributed by atoms with Crippen molar-refractivity contribution >= 4 is 5.97 Å². The zero-order valence-corrected chi connectivity index (χ0v) is 8.71. The van der Waals surface area contributed by atoms with Gasteiger partial charge in [-0.05, 0) is 12.5 Å². The molecule has 4 heteroatoms. The number of aromatic carboxylic acids is 1. The number of hydrogen-bond donors (Lipinski definition) is 1. The van der Waals surface area contributed by atoms with Gasteiger partial charge in [0.05, 0.1) is 0 Å². The summed E-state index contributed by atoms with van der Waals surface area (Å²) < 4.78 is 0. The van der Waals surface area contributed by atoms with E-state index in [1.807, 2.05) is 31.2 Å². The molecule has 0 atom stereocenters. The molecule has 4 nitrogen and oxygen atoms in total. The second-order valence-corrected chi connectivity index (χ2v) is 3.37. The van der Waals surface area contributed by atoms with Crippen LogP contribution >= 0.6 is 0 Å². The lowest BCUT2D eigenvalue weighted by atomic mass is 10.0. The third kappa shape index (κ3) is 1.77. The summed E-state index contributed by atoms with van der Waals surface area (Å²) in [6.45, 7) is 1.91. The molecule has 0 saturated heterocycles. The van der Waals surface area contributed by atoms with Crippen molar-refractivity contribution in [1.29, 1.82) is 0 Å². The summed E-state index contributed by atoms with van der Waals surface area (Å²) >= 11 is 0. The van der Waals surface area contributed by atoms with E-state index in [1.165, 1.54) is 12.4 Å². The van der Waals surface area contributed by atoms with E-state index in [4.69, 9.17) is 5.11 Å². The minimum atomic E-state index is -1.06. The Labute approximate surface area is 92.6 Å². The van der Waals surface area contributed by atoms with E-state index < -0.39 is 5.97 Å². The Morgan fingerprint density at radius 3 is 2.56 bits per heavy atom. The predicted molar refractivity (Wildman–Crippen MR) is 59.2 cm³/mol. The first-order chi connectivity index (χ1) is 7.70. The van der Waals surface area contributed by atoms with Gasteiger partial charge in [-0.3, -0.25) is 4.98 Å². The van der Waals surface area contributed by atoms with E-state index in [1.54, 1.807) is 0 Å². The van der Waals surface area contributed by atoms with Crippen molar-refractivity contribution in [2.75, 3.05) is 0 Å². The molecular formula is C12H10N2O2.